The van der Waals surface area contributed by atoms with Crippen molar-refractivity contribution in [1.82, 2.24) is 0 Å². The van der Waals surface area contributed by atoms with Crippen LogP contribution in [-0.2, 0) is 29.0 Å². The molecule has 0 fully saturated rings. The zero-order valence-electron chi connectivity index (χ0n) is 17.5. The molecule has 0 atom stereocenters. The summed E-state index contributed by atoms with van der Waals surface area (Å²) in [4.78, 5) is 11.8. The predicted molar refractivity (Wildman–Crippen MR) is 125 cm³/mol. The molecule has 0 unspecified atom stereocenters. The van der Waals surface area contributed by atoms with Crippen LogP contribution < -0.4 is 4.74 Å². The summed E-state index contributed by atoms with van der Waals surface area (Å²) in [6.07, 6.45) is 2.84. The molecule has 0 saturated heterocycles. The molecule has 0 N–H and O–H groups in total. The quantitative estimate of drug-likeness (QED) is 0.276. The van der Waals surface area contributed by atoms with Gasteiger partial charge >= 0.3 is 5.97 Å². The van der Waals surface area contributed by atoms with Crippen LogP contribution in [0.4, 0.5) is 0 Å². The lowest BCUT2D eigenvalue weighted by Gasteiger charge is -2.13. The van der Waals surface area contributed by atoms with E-state index >= 15 is 0 Å². The highest BCUT2D eigenvalue weighted by atomic mass is 79.9. The number of hydrogen-bond donors (Lipinski definition) is 0. The molecule has 31 heavy (non-hydrogen) atoms. The van der Waals surface area contributed by atoms with Crippen LogP contribution in [0, 0.1) is 0 Å². The number of esters is 1. The van der Waals surface area contributed by atoms with E-state index in [1.165, 1.54) is 12.7 Å². The van der Waals surface area contributed by atoms with E-state index in [0.717, 1.165) is 44.1 Å². The Hall–Kier alpha value is -3.05. The van der Waals surface area contributed by atoms with Crippen molar-refractivity contribution in [3.05, 3.63) is 88.1 Å². The number of carbonyl (C=O) groups excluding carboxylic acids is 1. The van der Waals surface area contributed by atoms with Gasteiger partial charge < -0.3 is 13.9 Å². The lowest BCUT2D eigenvalue weighted by Crippen LogP contribution is -2.07. The maximum Gasteiger partial charge on any atom is 0.310 e. The molecule has 0 saturated carbocycles. The Morgan fingerprint density at radius 3 is 2.71 bits per heavy atom. The molecule has 158 valence electrons. The number of ether oxygens (including phenoxy) is 2. The Balaban J connectivity index is 1.65. The Morgan fingerprint density at radius 1 is 1.03 bits per heavy atom. The number of hydrogen-bond acceptors (Lipinski definition) is 4. The van der Waals surface area contributed by atoms with Gasteiger partial charge in [-0.25, -0.2) is 0 Å². The molecule has 0 aliphatic carbocycles. The number of aryl methyl sites for hydroxylation is 1. The molecule has 4 rings (SSSR count). The summed E-state index contributed by atoms with van der Waals surface area (Å²) < 4.78 is 17.6. The first-order valence-corrected chi connectivity index (χ1v) is 10.9. The minimum Gasteiger partial charge on any atom is -0.489 e. The van der Waals surface area contributed by atoms with Gasteiger partial charge in [-0.1, -0.05) is 47.1 Å². The summed E-state index contributed by atoms with van der Waals surface area (Å²) in [5.74, 6) is 0.358. The maximum absolute atomic E-state index is 11.8. The second kappa shape index (κ2) is 9.40. The molecular formula is C26H23BrO4. The van der Waals surface area contributed by atoms with Crippen LogP contribution in [0.25, 0.3) is 22.1 Å². The summed E-state index contributed by atoms with van der Waals surface area (Å²) in [7, 11) is 1.38. The fourth-order valence-corrected chi connectivity index (χ4v) is 4.02. The van der Waals surface area contributed by atoms with Gasteiger partial charge in [-0.2, -0.15) is 0 Å². The number of methoxy groups -OCH3 is 1. The lowest BCUT2D eigenvalue weighted by atomic mass is 9.98. The first kappa shape index (κ1) is 21.2. The minimum atomic E-state index is -0.305. The van der Waals surface area contributed by atoms with E-state index in [1.807, 2.05) is 24.3 Å². The third-order valence-corrected chi connectivity index (χ3v) is 5.73. The molecule has 0 amide bonds. The van der Waals surface area contributed by atoms with Gasteiger partial charge in [0.25, 0.3) is 0 Å². The largest absolute Gasteiger partial charge is 0.489 e. The van der Waals surface area contributed by atoms with Gasteiger partial charge in [-0.3, -0.25) is 4.79 Å². The molecule has 0 bridgehead atoms. The molecule has 5 heteroatoms. The highest BCUT2D eigenvalue weighted by Gasteiger charge is 2.13. The number of benzene rings is 3. The van der Waals surface area contributed by atoms with E-state index in [0.29, 0.717) is 12.4 Å². The number of carbonyl (C=O) groups is 1. The molecule has 1 aromatic heterocycles. The van der Waals surface area contributed by atoms with Crippen molar-refractivity contribution in [3.63, 3.8) is 0 Å². The average molecular weight is 479 g/mol. The van der Waals surface area contributed by atoms with E-state index in [9.17, 15) is 4.79 Å². The zero-order valence-corrected chi connectivity index (χ0v) is 19.1. The van der Waals surface area contributed by atoms with Gasteiger partial charge in [0, 0.05) is 21.0 Å². The minimum absolute atomic E-state index is 0.154. The number of furan rings is 1. The van der Waals surface area contributed by atoms with Crippen LogP contribution in [0.2, 0.25) is 0 Å². The van der Waals surface area contributed by atoms with Gasteiger partial charge in [0.15, 0.2) is 0 Å². The summed E-state index contributed by atoms with van der Waals surface area (Å²) in [5, 5.41) is 1.03. The first-order valence-electron chi connectivity index (χ1n) is 10.1. The molecule has 0 aliphatic heterocycles. The van der Waals surface area contributed by atoms with Crippen molar-refractivity contribution in [2.45, 2.75) is 26.4 Å². The topological polar surface area (TPSA) is 48.7 Å². The molecule has 0 spiro atoms. The molecule has 4 aromatic rings. The summed E-state index contributed by atoms with van der Waals surface area (Å²) in [5.41, 5.74) is 6.12. The monoisotopic (exact) mass is 478 g/mol. The van der Waals surface area contributed by atoms with Crippen molar-refractivity contribution in [2.24, 2.45) is 0 Å². The van der Waals surface area contributed by atoms with Gasteiger partial charge in [-0.05, 0) is 59.5 Å². The Bertz CT molecular complexity index is 1230. The van der Waals surface area contributed by atoms with Crippen LogP contribution in [0.15, 0.2) is 75.8 Å². The third-order valence-electron chi connectivity index (χ3n) is 5.24. The summed E-state index contributed by atoms with van der Waals surface area (Å²) in [6.45, 7) is 2.52. The number of rotatable bonds is 7. The average Bonchev–Trinajstić information content (AvgIpc) is 3.26. The van der Waals surface area contributed by atoms with E-state index in [4.69, 9.17) is 13.9 Å². The Kier molecular flexibility index (Phi) is 6.42. The van der Waals surface area contributed by atoms with E-state index < -0.39 is 0 Å². The fraction of sp³-hybridized carbons (Fsp3) is 0.192. The Labute approximate surface area is 189 Å². The van der Waals surface area contributed by atoms with Crippen LogP contribution in [0.5, 0.6) is 5.75 Å². The number of fused-ring (bicyclic) bond motifs is 1. The fourth-order valence-electron chi connectivity index (χ4n) is 3.62. The van der Waals surface area contributed by atoms with Crippen molar-refractivity contribution >= 4 is 32.9 Å². The number of halogens is 1. The second-order valence-electron chi connectivity index (χ2n) is 7.33. The summed E-state index contributed by atoms with van der Waals surface area (Å²) >= 11 is 3.46. The van der Waals surface area contributed by atoms with Crippen LogP contribution in [0.3, 0.4) is 0 Å². The van der Waals surface area contributed by atoms with E-state index in [-0.39, 0.29) is 12.4 Å². The molecule has 0 radical (unpaired) electrons. The van der Waals surface area contributed by atoms with Crippen molar-refractivity contribution in [2.75, 3.05) is 7.11 Å². The van der Waals surface area contributed by atoms with Crippen molar-refractivity contribution < 1.29 is 18.7 Å². The highest BCUT2D eigenvalue weighted by Crippen LogP contribution is 2.32. The smallest absolute Gasteiger partial charge is 0.310 e. The van der Waals surface area contributed by atoms with E-state index in [2.05, 4.69) is 59.3 Å². The predicted octanol–water partition coefficient (Wildman–Crippen LogP) is 6.72. The zero-order chi connectivity index (χ0) is 21.8. The van der Waals surface area contributed by atoms with Gasteiger partial charge in [0.1, 0.15) is 17.9 Å². The Morgan fingerprint density at radius 2 is 1.90 bits per heavy atom. The van der Waals surface area contributed by atoms with Crippen molar-refractivity contribution in [1.29, 1.82) is 0 Å². The standard InChI is InChI=1S/C26H23BrO4/c1-3-17-5-4-6-19(11-17)23-13-18(12-20-9-10-30-26(20)23)16-31-24-8-7-22(27)14-21(24)15-25(28)29-2/h4-14H,3,15-16H2,1-2H3. The lowest BCUT2D eigenvalue weighted by molar-refractivity contribution is -0.139. The van der Waals surface area contributed by atoms with Gasteiger partial charge in [-0.15, -0.1) is 0 Å². The molecule has 4 nitrogen and oxygen atoms in total. The van der Waals surface area contributed by atoms with Gasteiger partial charge in [0.05, 0.1) is 19.8 Å². The molecule has 3 aromatic carbocycles. The first-order chi connectivity index (χ1) is 15.1. The highest BCUT2D eigenvalue weighted by molar-refractivity contribution is 9.10. The maximum atomic E-state index is 11.8. The van der Waals surface area contributed by atoms with Crippen molar-refractivity contribution in [3.8, 4) is 16.9 Å². The summed E-state index contributed by atoms with van der Waals surface area (Å²) in [6, 6.07) is 20.3. The SMILES string of the molecule is CCc1cccc(-c2cc(COc3ccc(Br)cc3CC(=O)OC)cc3ccoc23)c1. The van der Waals surface area contributed by atoms with Crippen LogP contribution >= 0.6 is 15.9 Å². The van der Waals surface area contributed by atoms with Crippen LogP contribution in [-0.4, -0.2) is 13.1 Å². The normalized spacial score (nSPS) is 10.9. The molecule has 1 heterocycles. The molecule has 0 aliphatic rings. The second-order valence-corrected chi connectivity index (χ2v) is 8.25. The van der Waals surface area contributed by atoms with Gasteiger partial charge in [0.2, 0.25) is 0 Å². The van der Waals surface area contributed by atoms with Crippen LogP contribution in [0.1, 0.15) is 23.6 Å². The van der Waals surface area contributed by atoms with E-state index in [1.54, 1.807) is 6.26 Å². The molecular weight excluding hydrogens is 456 g/mol. The third kappa shape index (κ3) is 4.83.